The first-order chi connectivity index (χ1) is 9.33. The monoisotopic (exact) mass is 270 g/mol. The molecule has 1 nitrogen and oxygen atoms in total. The van der Waals surface area contributed by atoms with Crippen LogP contribution < -0.4 is 0 Å². The van der Waals surface area contributed by atoms with Gasteiger partial charge in [-0.1, -0.05) is 30.3 Å². The van der Waals surface area contributed by atoms with E-state index in [9.17, 15) is 4.79 Å². The van der Waals surface area contributed by atoms with Gasteiger partial charge in [0.05, 0.1) is 4.88 Å². The molecule has 0 unspecified atom stereocenters. The van der Waals surface area contributed by atoms with Gasteiger partial charge in [-0.15, -0.1) is 11.3 Å². The van der Waals surface area contributed by atoms with Crippen LogP contribution in [0.15, 0.2) is 36.4 Å². The van der Waals surface area contributed by atoms with E-state index in [1.54, 1.807) is 11.3 Å². The number of hydrogen-bond acceptors (Lipinski definition) is 2. The molecule has 1 aliphatic rings. The smallest absolute Gasteiger partial charge is 0.172 e. The number of ketones is 1. The quantitative estimate of drug-likeness (QED) is 0.734. The fourth-order valence-electron chi connectivity index (χ4n) is 2.69. The van der Waals surface area contributed by atoms with Crippen molar-refractivity contribution in [2.75, 3.05) is 0 Å². The standard InChI is InChI=1S/C17H18OS/c18-15(10-4-8-13-6-2-1-3-7-13)17-12-14-9-5-11-16(14)19-17/h1-3,6-7,12H,4-5,8-11H2. The fraction of sp³-hybridized carbons (Fsp3) is 0.353. The first-order valence-electron chi connectivity index (χ1n) is 7.01. The van der Waals surface area contributed by atoms with Gasteiger partial charge in [0, 0.05) is 11.3 Å². The summed E-state index contributed by atoms with van der Waals surface area (Å²) in [7, 11) is 0. The number of rotatable bonds is 5. The van der Waals surface area contributed by atoms with Crippen LogP contribution >= 0.6 is 11.3 Å². The van der Waals surface area contributed by atoms with E-state index in [1.807, 2.05) is 6.07 Å². The molecule has 0 saturated carbocycles. The Hall–Kier alpha value is -1.41. The van der Waals surface area contributed by atoms with Crippen LogP contribution in [0.3, 0.4) is 0 Å². The van der Waals surface area contributed by atoms with Crippen LogP contribution in [0.1, 0.15) is 44.9 Å². The molecule has 0 amide bonds. The van der Waals surface area contributed by atoms with Crippen molar-refractivity contribution < 1.29 is 4.79 Å². The maximum atomic E-state index is 12.2. The Balaban J connectivity index is 1.54. The van der Waals surface area contributed by atoms with Crippen LogP contribution in [0.25, 0.3) is 0 Å². The zero-order chi connectivity index (χ0) is 13.1. The average Bonchev–Trinajstić information content (AvgIpc) is 3.00. The third-order valence-electron chi connectivity index (χ3n) is 3.73. The second-order valence-electron chi connectivity index (χ2n) is 5.17. The van der Waals surface area contributed by atoms with Gasteiger partial charge < -0.3 is 0 Å². The number of aryl methyl sites for hydroxylation is 3. The van der Waals surface area contributed by atoms with Crippen molar-refractivity contribution >= 4 is 17.1 Å². The van der Waals surface area contributed by atoms with Gasteiger partial charge in [0.2, 0.25) is 0 Å². The van der Waals surface area contributed by atoms with Crippen molar-refractivity contribution in [3.63, 3.8) is 0 Å². The Labute approximate surface area is 118 Å². The van der Waals surface area contributed by atoms with Gasteiger partial charge in [-0.05, 0) is 49.3 Å². The van der Waals surface area contributed by atoms with Crippen molar-refractivity contribution in [1.29, 1.82) is 0 Å². The summed E-state index contributed by atoms with van der Waals surface area (Å²) in [4.78, 5) is 14.6. The molecule has 2 heteroatoms. The molecule has 1 aromatic carbocycles. The van der Waals surface area contributed by atoms with Gasteiger partial charge in [0.25, 0.3) is 0 Å². The third kappa shape index (κ3) is 2.95. The zero-order valence-corrected chi connectivity index (χ0v) is 11.8. The molecule has 0 bridgehead atoms. The van der Waals surface area contributed by atoms with E-state index in [4.69, 9.17) is 0 Å². The van der Waals surface area contributed by atoms with E-state index >= 15 is 0 Å². The highest BCUT2D eigenvalue weighted by Gasteiger charge is 2.17. The maximum Gasteiger partial charge on any atom is 0.172 e. The van der Waals surface area contributed by atoms with Crippen LogP contribution in [0, 0.1) is 0 Å². The molecule has 0 spiro atoms. The molecular formula is C17H18OS. The summed E-state index contributed by atoms with van der Waals surface area (Å²) >= 11 is 1.73. The molecule has 0 N–H and O–H groups in total. The lowest BCUT2D eigenvalue weighted by atomic mass is 10.1. The largest absolute Gasteiger partial charge is 0.293 e. The summed E-state index contributed by atoms with van der Waals surface area (Å²) in [6, 6.07) is 12.5. The number of Topliss-reactive ketones (excluding diaryl/α,β-unsaturated/α-hetero) is 1. The van der Waals surface area contributed by atoms with Crippen LogP contribution in [-0.2, 0) is 19.3 Å². The molecular weight excluding hydrogens is 252 g/mol. The topological polar surface area (TPSA) is 17.1 Å². The fourth-order valence-corrected chi connectivity index (χ4v) is 3.91. The Morgan fingerprint density at radius 2 is 2.00 bits per heavy atom. The number of fused-ring (bicyclic) bond motifs is 1. The molecule has 1 aromatic heterocycles. The second kappa shape index (κ2) is 5.70. The van der Waals surface area contributed by atoms with Gasteiger partial charge in [-0.2, -0.15) is 0 Å². The predicted octanol–water partition coefficient (Wildman–Crippen LogP) is 4.44. The molecule has 98 valence electrons. The molecule has 3 rings (SSSR count). The third-order valence-corrected chi connectivity index (χ3v) is 5.01. The van der Waals surface area contributed by atoms with E-state index in [0.717, 1.165) is 17.7 Å². The van der Waals surface area contributed by atoms with E-state index in [-0.39, 0.29) is 0 Å². The summed E-state index contributed by atoms with van der Waals surface area (Å²) in [5, 5.41) is 0. The SMILES string of the molecule is O=C(CCCc1ccccc1)c1cc2c(s1)CCC2. The van der Waals surface area contributed by atoms with E-state index in [0.29, 0.717) is 12.2 Å². The van der Waals surface area contributed by atoms with Gasteiger partial charge in [0.15, 0.2) is 5.78 Å². The second-order valence-corrected chi connectivity index (χ2v) is 6.31. The molecule has 0 aliphatic heterocycles. The molecule has 0 fully saturated rings. The van der Waals surface area contributed by atoms with Crippen LogP contribution in [0.5, 0.6) is 0 Å². The first kappa shape index (κ1) is 12.6. The van der Waals surface area contributed by atoms with Crippen molar-refractivity contribution in [1.82, 2.24) is 0 Å². The lowest BCUT2D eigenvalue weighted by Gasteiger charge is -2.00. The molecule has 19 heavy (non-hydrogen) atoms. The lowest BCUT2D eigenvalue weighted by molar-refractivity contribution is 0.0984. The summed E-state index contributed by atoms with van der Waals surface area (Å²) < 4.78 is 0. The van der Waals surface area contributed by atoms with Crippen LogP contribution in [0.4, 0.5) is 0 Å². The van der Waals surface area contributed by atoms with Gasteiger partial charge >= 0.3 is 0 Å². The summed E-state index contributed by atoms with van der Waals surface area (Å²) in [5.74, 6) is 0.329. The number of carbonyl (C=O) groups excluding carboxylic acids is 1. The number of carbonyl (C=O) groups is 1. The highest BCUT2D eigenvalue weighted by atomic mass is 32.1. The average molecular weight is 270 g/mol. The van der Waals surface area contributed by atoms with Crippen LogP contribution in [0.2, 0.25) is 0 Å². The van der Waals surface area contributed by atoms with Crippen LogP contribution in [-0.4, -0.2) is 5.78 Å². The summed E-state index contributed by atoms with van der Waals surface area (Å²) in [6.07, 6.45) is 6.24. The van der Waals surface area contributed by atoms with Gasteiger partial charge in [0.1, 0.15) is 0 Å². The minimum Gasteiger partial charge on any atom is -0.293 e. The molecule has 1 heterocycles. The molecule has 1 aliphatic carbocycles. The Morgan fingerprint density at radius 3 is 2.79 bits per heavy atom. The van der Waals surface area contributed by atoms with Gasteiger partial charge in [-0.3, -0.25) is 4.79 Å². The maximum absolute atomic E-state index is 12.2. The Kier molecular flexibility index (Phi) is 3.79. The molecule has 0 atom stereocenters. The van der Waals surface area contributed by atoms with Crippen molar-refractivity contribution in [2.45, 2.75) is 38.5 Å². The predicted molar refractivity (Wildman–Crippen MR) is 80.1 cm³/mol. The first-order valence-corrected chi connectivity index (χ1v) is 7.83. The lowest BCUT2D eigenvalue weighted by Crippen LogP contribution is -1.97. The normalized spacial score (nSPS) is 13.5. The van der Waals surface area contributed by atoms with Crippen molar-refractivity contribution in [3.8, 4) is 0 Å². The zero-order valence-electron chi connectivity index (χ0n) is 11.0. The Morgan fingerprint density at radius 1 is 1.16 bits per heavy atom. The Bertz CT molecular complexity index is 547. The van der Waals surface area contributed by atoms with Crippen molar-refractivity contribution in [3.05, 3.63) is 57.3 Å². The molecule has 0 saturated heterocycles. The summed E-state index contributed by atoms with van der Waals surface area (Å²) in [5.41, 5.74) is 2.75. The highest BCUT2D eigenvalue weighted by Crippen LogP contribution is 2.31. The van der Waals surface area contributed by atoms with E-state index < -0.39 is 0 Å². The number of benzene rings is 1. The van der Waals surface area contributed by atoms with Crippen molar-refractivity contribution in [2.24, 2.45) is 0 Å². The van der Waals surface area contributed by atoms with E-state index in [2.05, 4.69) is 30.3 Å². The number of thiophene rings is 1. The number of hydrogen-bond donors (Lipinski definition) is 0. The molecule has 0 radical (unpaired) electrons. The minimum atomic E-state index is 0.329. The minimum absolute atomic E-state index is 0.329. The molecule has 2 aromatic rings. The van der Waals surface area contributed by atoms with Gasteiger partial charge in [-0.25, -0.2) is 0 Å². The summed E-state index contributed by atoms with van der Waals surface area (Å²) in [6.45, 7) is 0. The highest BCUT2D eigenvalue weighted by molar-refractivity contribution is 7.14. The van der Waals surface area contributed by atoms with E-state index in [1.165, 1.54) is 35.3 Å².